The van der Waals surface area contributed by atoms with Crippen LogP contribution in [0.25, 0.3) is 0 Å². The summed E-state index contributed by atoms with van der Waals surface area (Å²) in [5, 5.41) is -7.65. The Hall–Kier alpha value is -1.94. The largest absolute Gasteiger partial charge is 0.515 e. The molecule has 0 aromatic heterocycles. The molecule has 0 amide bonds. The van der Waals surface area contributed by atoms with E-state index in [1.807, 2.05) is 0 Å². The van der Waals surface area contributed by atoms with Gasteiger partial charge in [-0.05, 0) is 22.0 Å². The van der Waals surface area contributed by atoms with Gasteiger partial charge in [-0.3, -0.25) is 0 Å². The molecule has 0 spiro atoms. The maximum absolute atomic E-state index is 15.0. The van der Waals surface area contributed by atoms with Crippen molar-refractivity contribution in [2.75, 3.05) is 0 Å². The highest BCUT2D eigenvalue weighted by molar-refractivity contribution is 9.09. The molecule has 1 aliphatic rings. The zero-order chi connectivity index (χ0) is 23.3. The summed E-state index contributed by atoms with van der Waals surface area (Å²) in [5.41, 5.74) is -3.34. The molecule has 2 aromatic rings. The highest BCUT2D eigenvalue weighted by Crippen LogP contribution is 2.60. The molecule has 0 radical (unpaired) electrons. The van der Waals surface area contributed by atoms with Crippen LogP contribution in [0.2, 0.25) is 0 Å². The quantitative estimate of drug-likeness (QED) is 0.143. The summed E-state index contributed by atoms with van der Waals surface area (Å²) in [6.45, 7) is 0. The third-order valence-electron chi connectivity index (χ3n) is 3.56. The Morgan fingerprint density at radius 2 is 0.968 bits per heavy atom. The number of halogens is 10. The van der Waals surface area contributed by atoms with Gasteiger partial charge in [0.1, 0.15) is 0 Å². The Labute approximate surface area is 176 Å². The predicted octanol–water partition coefficient (Wildman–Crippen LogP) is 6.86. The molecule has 2 aromatic carbocycles. The molecular weight excluding hydrogens is 514 g/mol. The van der Waals surface area contributed by atoms with Crippen molar-refractivity contribution in [3.63, 3.8) is 0 Å². The van der Waals surface area contributed by atoms with E-state index in [2.05, 4.69) is 9.47 Å². The van der Waals surface area contributed by atoms with Crippen LogP contribution in [0.5, 0.6) is 0 Å². The van der Waals surface area contributed by atoms with Crippen LogP contribution < -0.4 is 0 Å². The van der Waals surface area contributed by atoms with Crippen molar-refractivity contribution in [3.05, 3.63) is 69.8 Å². The molecule has 3 nitrogen and oxygen atoms in total. The summed E-state index contributed by atoms with van der Waals surface area (Å²) in [7, 11) is -0.989. The van der Waals surface area contributed by atoms with Gasteiger partial charge in [0.15, 0.2) is 46.5 Å². The van der Waals surface area contributed by atoms with E-state index in [4.69, 9.17) is 0 Å². The van der Waals surface area contributed by atoms with E-state index in [1.165, 1.54) is 0 Å². The standard InChI is InChI=1S/C15H2F10O3S3/c16-5-1-3(7(18)11(22)9(5)20)14(24)27-13(26)28-15(25,30-31-29-14)4-2-6(17)10(21)12(23)8(4)19/h1-2H. The number of benzene rings is 2. The second-order valence-electron chi connectivity index (χ2n) is 5.46. The Balaban J connectivity index is 1.99. The molecule has 16 heteroatoms. The SMILES string of the molecule is O=C1OC(F)(c2cc(F)c(F)c(F)c2F)SSSC(F)(c2cc(F)c(F)c(F)c2F)O1. The molecule has 3 rings (SSSR count). The van der Waals surface area contributed by atoms with E-state index in [9.17, 15) is 39.9 Å². The van der Waals surface area contributed by atoms with E-state index in [-0.39, 0.29) is 22.0 Å². The predicted molar refractivity (Wildman–Crippen MR) is 88.5 cm³/mol. The lowest BCUT2D eigenvalue weighted by molar-refractivity contribution is -0.108. The zero-order valence-electron chi connectivity index (χ0n) is 13.9. The van der Waals surface area contributed by atoms with Gasteiger partial charge in [0.25, 0.3) is 0 Å². The Morgan fingerprint density at radius 3 is 1.32 bits per heavy atom. The molecular formula is C15H2F10O3S3. The first-order valence-corrected chi connectivity index (χ1v) is 10.8. The van der Waals surface area contributed by atoms with Gasteiger partial charge in [-0.15, -0.1) is 0 Å². The van der Waals surface area contributed by atoms with Gasteiger partial charge < -0.3 is 9.47 Å². The number of hydrogen-bond donors (Lipinski definition) is 0. The van der Waals surface area contributed by atoms with Gasteiger partial charge in [-0.1, -0.05) is 0 Å². The Bertz CT molecular complexity index is 1010. The summed E-state index contributed by atoms with van der Waals surface area (Å²) in [4.78, 5) is 11.8. The van der Waals surface area contributed by atoms with Crippen molar-refractivity contribution in [1.82, 2.24) is 0 Å². The van der Waals surface area contributed by atoms with Crippen LogP contribution in [-0.2, 0) is 19.8 Å². The lowest BCUT2D eigenvalue weighted by Crippen LogP contribution is -2.33. The maximum Gasteiger partial charge on any atom is 0.515 e. The van der Waals surface area contributed by atoms with E-state index >= 15 is 8.78 Å². The maximum atomic E-state index is 15.0. The van der Waals surface area contributed by atoms with Gasteiger partial charge in [-0.25, -0.2) is 39.9 Å². The van der Waals surface area contributed by atoms with Gasteiger partial charge in [0, 0.05) is 21.6 Å². The molecule has 1 fully saturated rings. The summed E-state index contributed by atoms with van der Waals surface area (Å²) in [6, 6.07) is -0.373. The fourth-order valence-electron chi connectivity index (χ4n) is 2.15. The van der Waals surface area contributed by atoms with Crippen molar-refractivity contribution in [1.29, 1.82) is 0 Å². The van der Waals surface area contributed by atoms with Crippen LogP contribution in [0.15, 0.2) is 12.1 Å². The number of carbonyl (C=O) groups is 1. The van der Waals surface area contributed by atoms with Crippen LogP contribution in [0, 0.1) is 46.5 Å². The summed E-state index contributed by atoms with van der Waals surface area (Å²) in [6.07, 6.45) is -2.40. The number of alkyl halides is 2. The third kappa shape index (κ3) is 4.11. The fourth-order valence-corrected chi connectivity index (χ4v) is 6.30. The minimum absolute atomic E-state index is 0.146. The summed E-state index contributed by atoms with van der Waals surface area (Å²) >= 11 is 0. The van der Waals surface area contributed by atoms with Crippen LogP contribution >= 0.6 is 31.4 Å². The second kappa shape index (κ2) is 8.20. The first kappa shape index (κ1) is 23.7. The first-order chi connectivity index (χ1) is 14.3. The van der Waals surface area contributed by atoms with Crippen molar-refractivity contribution >= 4 is 37.6 Å². The molecule has 1 saturated heterocycles. The highest BCUT2D eigenvalue weighted by Gasteiger charge is 2.51. The first-order valence-electron chi connectivity index (χ1n) is 7.31. The molecule has 2 atom stereocenters. The van der Waals surface area contributed by atoms with Gasteiger partial charge in [-0.2, -0.15) is 8.78 Å². The number of ether oxygens (including phenoxy) is 2. The van der Waals surface area contributed by atoms with Crippen molar-refractivity contribution in [2.24, 2.45) is 0 Å². The van der Waals surface area contributed by atoms with Gasteiger partial charge >= 0.3 is 16.5 Å². The number of hydrogen-bond acceptors (Lipinski definition) is 6. The Kier molecular flexibility index (Phi) is 6.27. The molecule has 2 unspecified atom stereocenters. The highest BCUT2D eigenvalue weighted by atomic mass is 33.5. The van der Waals surface area contributed by atoms with Crippen LogP contribution in [-0.4, -0.2) is 6.16 Å². The lowest BCUT2D eigenvalue weighted by Gasteiger charge is -2.31. The normalized spacial score (nSPS) is 24.3. The molecule has 0 saturated carbocycles. The second-order valence-corrected chi connectivity index (χ2v) is 9.61. The van der Waals surface area contributed by atoms with Crippen LogP contribution in [0.4, 0.5) is 48.7 Å². The third-order valence-corrected chi connectivity index (χ3v) is 7.65. The van der Waals surface area contributed by atoms with E-state index in [1.54, 1.807) is 0 Å². The molecule has 0 bridgehead atoms. The van der Waals surface area contributed by atoms with Crippen LogP contribution in [0.1, 0.15) is 11.1 Å². The van der Waals surface area contributed by atoms with Crippen LogP contribution in [0.3, 0.4) is 0 Å². The summed E-state index contributed by atoms with van der Waals surface area (Å²) < 4.78 is 146. The van der Waals surface area contributed by atoms with Crippen molar-refractivity contribution < 1.29 is 58.2 Å². The molecule has 0 aliphatic carbocycles. The lowest BCUT2D eigenvalue weighted by atomic mass is 10.2. The molecule has 31 heavy (non-hydrogen) atoms. The minimum atomic E-state index is -3.83. The molecule has 0 N–H and O–H groups in total. The van der Waals surface area contributed by atoms with Crippen molar-refractivity contribution in [2.45, 2.75) is 10.4 Å². The average molecular weight is 516 g/mol. The van der Waals surface area contributed by atoms with Crippen molar-refractivity contribution in [3.8, 4) is 0 Å². The van der Waals surface area contributed by atoms with E-state index in [0.29, 0.717) is 0 Å². The Morgan fingerprint density at radius 1 is 0.613 bits per heavy atom. The van der Waals surface area contributed by atoms with E-state index < -0.39 is 95.8 Å². The van der Waals surface area contributed by atoms with Gasteiger partial charge in [0.05, 0.1) is 11.1 Å². The average Bonchev–Trinajstić information content (AvgIpc) is 2.68. The smallest absolute Gasteiger partial charge is 0.381 e. The monoisotopic (exact) mass is 516 g/mol. The minimum Gasteiger partial charge on any atom is -0.381 e. The van der Waals surface area contributed by atoms with E-state index in [0.717, 1.165) is 0 Å². The zero-order valence-corrected chi connectivity index (χ0v) is 16.3. The topological polar surface area (TPSA) is 35.5 Å². The number of carbonyl (C=O) groups excluding carboxylic acids is 1. The molecule has 168 valence electrons. The fraction of sp³-hybridized carbons (Fsp3) is 0.133. The molecule has 1 aliphatic heterocycles. The number of cyclic esters (lactones) is 2. The number of rotatable bonds is 2. The summed E-state index contributed by atoms with van der Waals surface area (Å²) in [5.74, 6) is -18.2. The van der Waals surface area contributed by atoms with Gasteiger partial charge in [0.2, 0.25) is 0 Å². The molecule has 1 heterocycles.